The van der Waals surface area contributed by atoms with Gasteiger partial charge in [-0.25, -0.2) is 4.99 Å². The van der Waals surface area contributed by atoms with Crippen LogP contribution in [0.1, 0.15) is 30.9 Å². The number of hydrogen-bond acceptors (Lipinski definition) is 4. The largest absolute Gasteiger partial charge is 0.494 e. The van der Waals surface area contributed by atoms with E-state index in [0.717, 1.165) is 15.8 Å². The van der Waals surface area contributed by atoms with Gasteiger partial charge in [0.15, 0.2) is 0 Å². The molecular formula is C20H20BrN3O3. The van der Waals surface area contributed by atoms with E-state index in [1.807, 2.05) is 54.6 Å². The normalized spacial score (nSPS) is 16.3. The van der Waals surface area contributed by atoms with Gasteiger partial charge in [0.25, 0.3) is 0 Å². The van der Waals surface area contributed by atoms with Crippen LogP contribution in [0.4, 0.5) is 0 Å². The van der Waals surface area contributed by atoms with Crippen LogP contribution in [-0.4, -0.2) is 24.4 Å². The second-order valence-electron chi connectivity index (χ2n) is 6.11. The van der Waals surface area contributed by atoms with Crippen LogP contribution in [0.3, 0.4) is 0 Å². The number of guanidine groups is 1. The summed E-state index contributed by atoms with van der Waals surface area (Å²) in [7, 11) is 0. The van der Waals surface area contributed by atoms with Gasteiger partial charge in [0.1, 0.15) is 5.75 Å². The van der Waals surface area contributed by atoms with Crippen LogP contribution in [0.5, 0.6) is 5.75 Å². The van der Waals surface area contributed by atoms with Crippen LogP contribution in [-0.2, 0) is 9.59 Å². The van der Waals surface area contributed by atoms with Crippen molar-refractivity contribution in [3.63, 3.8) is 0 Å². The molecule has 0 aromatic heterocycles. The Morgan fingerprint density at radius 1 is 1.19 bits per heavy atom. The third-order valence-electron chi connectivity index (χ3n) is 3.99. The van der Waals surface area contributed by atoms with E-state index in [4.69, 9.17) is 4.74 Å². The summed E-state index contributed by atoms with van der Waals surface area (Å²) in [5.41, 5.74) is 0.927. The molecule has 2 amide bonds. The molecule has 0 radical (unpaired) electrons. The van der Waals surface area contributed by atoms with Gasteiger partial charge < -0.3 is 4.74 Å². The van der Waals surface area contributed by atoms with Gasteiger partial charge in [-0.3, -0.25) is 20.2 Å². The molecule has 0 saturated heterocycles. The van der Waals surface area contributed by atoms with E-state index in [1.165, 1.54) is 0 Å². The Balaban J connectivity index is 1.50. The topological polar surface area (TPSA) is 79.8 Å². The summed E-state index contributed by atoms with van der Waals surface area (Å²) in [6, 6.07) is 16.8. The monoisotopic (exact) mass is 429 g/mol. The van der Waals surface area contributed by atoms with Crippen LogP contribution in [0.15, 0.2) is 64.1 Å². The summed E-state index contributed by atoms with van der Waals surface area (Å²) in [4.78, 5) is 28.5. The first-order chi connectivity index (χ1) is 13.1. The maximum atomic E-state index is 12.1. The van der Waals surface area contributed by atoms with E-state index in [1.54, 1.807) is 0 Å². The van der Waals surface area contributed by atoms with E-state index < -0.39 is 0 Å². The zero-order valence-electron chi connectivity index (χ0n) is 14.7. The molecule has 3 rings (SSSR count). The molecule has 2 aromatic carbocycles. The van der Waals surface area contributed by atoms with Gasteiger partial charge in [-0.1, -0.05) is 46.3 Å². The summed E-state index contributed by atoms with van der Waals surface area (Å²) in [6.45, 7) is 0.442. The number of ether oxygens (including phenoxy) is 1. The highest BCUT2D eigenvalue weighted by atomic mass is 79.9. The highest BCUT2D eigenvalue weighted by Gasteiger charge is 2.23. The Hall–Kier alpha value is -2.67. The second-order valence-corrected chi connectivity index (χ2v) is 7.03. The number of nitrogens with one attached hydrogen (secondary N) is 2. The standard InChI is InChI=1S/C20H20BrN3O3/c21-15-10-8-14(9-11-15)17-13-19(26)24-20(22-17)23-18(25)7-4-12-27-16-5-2-1-3-6-16/h1-3,5-6,8-11,17H,4,7,12-13H2,(H2,22,23,24,25,26)/t17-/m0/s1. The molecule has 1 atom stereocenters. The van der Waals surface area contributed by atoms with Crippen molar-refractivity contribution in [3.8, 4) is 5.75 Å². The molecule has 6 nitrogen and oxygen atoms in total. The number of rotatable bonds is 6. The predicted octanol–water partition coefficient (Wildman–Crippen LogP) is 3.34. The predicted molar refractivity (Wildman–Crippen MR) is 106 cm³/mol. The third kappa shape index (κ3) is 5.92. The summed E-state index contributed by atoms with van der Waals surface area (Å²) >= 11 is 3.39. The molecule has 7 heteroatoms. The van der Waals surface area contributed by atoms with Crippen molar-refractivity contribution in [2.75, 3.05) is 6.61 Å². The smallest absolute Gasteiger partial charge is 0.229 e. The minimum absolute atomic E-state index is 0.166. The molecule has 0 bridgehead atoms. The van der Waals surface area contributed by atoms with Gasteiger partial charge in [0, 0.05) is 10.9 Å². The van der Waals surface area contributed by atoms with Gasteiger partial charge >= 0.3 is 0 Å². The van der Waals surface area contributed by atoms with E-state index >= 15 is 0 Å². The lowest BCUT2D eigenvalue weighted by molar-refractivity contribution is -0.120. The zero-order valence-corrected chi connectivity index (χ0v) is 16.2. The molecule has 0 aliphatic carbocycles. The highest BCUT2D eigenvalue weighted by Crippen LogP contribution is 2.24. The Kier molecular flexibility index (Phi) is 6.59. The summed E-state index contributed by atoms with van der Waals surface area (Å²) in [5.74, 6) is 0.607. The number of benzene rings is 2. The van der Waals surface area contributed by atoms with Crippen molar-refractivity contribution in [2.45, 2.75) is 25.3 Å². The Labute approximate surface area is 166 Å². The summed E-state index contributed by atoms with van der Waals surface area (Å²) in [6.07, 6.45) is 1.11. The van der Waals surface area contributed by atoms with Crippen molar-refractivity contribution in [1.29, 1.82) is 0 Å². The number of para-hydroxylation sites is 1. The number of carbonyl (C=O) groups is 2. The van der Waals surface area contributed by atoms with E-state index in [-0.39, 0.29) is 36.7 Å². The Bertz CT molecular complexity index is 822. The van der Waals surface area contributed by atoms with Crippen molar-refractivity contribution in [3.05, 3.63) is 64.6 Å². The Morgan fingerprint density at radius 3 is 2.67 bits per heavy atom. The van der Waals surface area contributed by atoms with Crippen molar-refractivity contribution < 1.29 is 14.3 Å². The summed E-state index contributed by atoms with van der Waals surface area (Å²) in [5, 5.41) is 5.29. The molecule has 0 fully saturated rings. The molecule has 0 spiro atoms. The van der Waals surface area contributed by atoms with E-state index in [9.17, 15) is 9.59 Å². The molecule has 2 N–H and O–H groups in total. The number of halogens is 1. The van der Waals surface area contributed by atoms with Crippen LogP contribution in [0.25, 0.3) is 0 Å². The molecule has 2 aromatic rings. The maximum Gasteiger partial charge on any atom is 0.229 e. The van der Waals surface area contributed by atoms with Crippen LogP contribution < -0.4 is 15.4 Å². The van der Waals surface area contributed by atoms with Crippen LogP contribution in [0.2, 0.25) is 0 Å². The third-order valence-corrected chi connectivity index (χ3v) is 4.52. The number of amides is 2. The van der Waals surface area contributed by atoms with Gasteiger partial charge in [-0.15, -0.1) is 0 Å². The lowest BCUT2D eigenvalue weighted by atomic mass is 10.0. The van der Waals surface area contributed by atoms with Gasteiger partial charge in [-0.05, 0) is 36.2 Å². The van der Waals surface area contributed by atoms with Crippen molar-refractivity contribution in [2.24, 2.45) is 4.99 Å². The fraction of sp³-hybridized carbons (Fsp3) is 0.250. The number of hydrogen-bond donors (Lipinski definition) is 2. The zero-order chi connectivity index (χ0) is 19.1. The maximum absolute atomic E-state index is 12.1. The number of aliphatic imine (C=N–C) groups is 1. The molecule has 1 aliphatic heterocycles. The summed E-state index contributed by atoms with van der Waals surface area (Å²) < 4.78 is 6.52. The first-order valence-corrected chi connectivity index (χ1v) is 9.50. The molecule has 140 valence electrons. The van der Waals surface area contributed by atoms with E-state index in [2.05, 4.69) is 31.6 Å². The minimum atomic E-state index is -0.302. The Morgan fingerprint density at radius 2 is 1.93 bits per heavy atom. The lowest BCUT2D eigenvalue weighted by Gasteiger charge is -2.21. The van der Waals surface area contributed by atoms with Crippen molar-refractivity contribution >= 4 is 33.7 Å². The molecule has 0 unspecified atom stereocenters. The highest BCUT2D eigenvalue weighted by molar-refractivity contribution is 9.10. The average Bonchev–Trinajstić information content (AvgIpc) is 2.66. The molecule has 1 aliphatic rings. The van der Waals surface area contributed by atoms with Crippen LogP contribution in [0, 0.1) is 0 Å². The fourth-order valence-corrected chi connectivity index (χ4v) is 2.93. The molecule has 0 saturated carbocycles. The SMILES string of the molecule is O=C(CCCOc1ccccc1)NC1=N[C@H](c2ccc(Br)cc2)CC(=O)N1. The minimum Gasteiger partial charge on any atom is -0.494 e. The average molecular weight is 430 g/mol. The number of carbonyl (C=O) groups excluding carboxylic acids is 2. The van der Waals surface area contributed by atoms with Crippen LogP contribution >= 0.6 is 15.9 Å². The van der Waals surface area contributed by atoms with Gasteiger partial charge in [0.05, 0.1) is 19.1 Å². The van der Waals surface area contributed by atoms with E-state index in [0.29, 0.717) is 13.0 Å². The van der Waals surface area contributed by atoms with Crippen molar-refractivity contribution in [1.82, 2.24) is 10.6 Å². The fourth-order valence-electron chi connectivity index (χ4n) is 2.67. The first-order valence-electron chi connectivity index (χ1n) is 8.71. The molecule has 1 heterocycles. The first kappa shape index (κ1) is 19.1. The van der Waals surface area contributed by atoms with Gasteiger partial charge in [0.2, 0.25) is 17.8 Å². The molecule has 27 heavy (non-hydrogen) atoms. The quantitative estimate of drug-likeness (QED) is 0.690. The van der Waals surface area contributed by atoms with Gasteiger partial charge in [-0.2, -0.15) is 0 Å². The second kappa shape index (κ2) is 9.32. The lowest BCUT2D eigenvalue weighted by Crippen LogP contribution is -2.47. The number of nitrogens with zero attached hydrogens (tertiary/aromatic N) is 1. The molecular weight excluding hydrogens is 410 g/mol.